The molecule has 2 fully saturated rings. The summed E-state index contributed by atoms with van der Waals surface area (Å²) in [5.74, 6) is -2.16. The summed E-state index contributed by atoms with van der Waals surface area (Å²) >= 11 is 0. The number of ether oxygens (including phenoxy) is 2. The number of rotatable bonds is 3. The highest BCUT2D eigenvalue weighted by atomic mass is 19.4. The van der Waals surface area contributed by atoms with Crippen molar-refractivity contribution in [2.45, 2.75) is 30.7 Å². The molecule has 2 aromatic heterocycles. The third-order valence-corrected chi connectivity index (χ3v) is 4.69. The first-order valence-corrected chi connectivity index (χ1v) is 9.26. The lowest BCUT2D eigenvalue weighted by molar-refractivity contribution is -0.192. The number of alkyl halides is 3. The minimum Gasteiger partial charge on any atom is -0.475 e. The monoisotopic (exact) mass is 440 g/mol. The van der Waals surface area contributed by atoms with Crippen molar-refractivity contribution in [2.75, 3.05) is 19.7 Å². The normalized spacial score (nSPS) is 19.6. The lowest BCUT2D eigenvalue weighted by atomic mass is 9.84. The molecule has 9 nitrogen and oxygen atoms in total. The minimum absolute atomic E-state index is 0.0353. The summed E-state index contributed by atoms with van der Waals surface area (Å²) in [4.78, 5) is 27.3. The minimum atomic E-state index is -5.08. The molecule has 4 rings (SSSR count). The molecule has 1 unspecified atom stereocenters. The Labute approximate surface area is 174 Å². The van der Waals surface area contributed by atoms with E-state index in [0.29, 0.717) is 31.1 Å². The number of hydrogen-bond donors (Lipinski definition) is 1. The van der Waals surface area contributed by atoms with Crippen molar-refractivity contribution in [2.24, 2.45) is 0 Å². The van der Waals surface area contributed by atoms with Crippen molar-refractivity contribution in [1.82, 2.24) is 20.1 Å². The Kier molecular flexibility index (Phi) is 6.68. The highest BCUT2D eigenvalue weighted by Gasteiger charge is 2.50. The van der Waals surface area contributed by atoms with Crippen molar-refractivity contribution in [3.05, 3.63) is 48.4 Å². The molecule has 1 amide bonds. The zero-order chi connectivity index (χ0) is 22.5. The van der Waals surface area contributed by atoms with Crippen LogP contribution in [-0.4, -0.2) is 74.6 Å². The summed E-state index contributed by atoms with van der Waals surface area (Å²) in [7, 11) is 0. The van der Waals surface area contributed by atoms with E-state index in [2.05, 4.69) is 15.2 Å². The van der Waals surface area contributed by atoms with Gasteiger partial charge >= 0.3 is 12.1 Å². The van der Waals surface area contributed by atoms with E-state index in [1.807, 2.05) is 18.2 Å². The summed E-state index contributed by atoms with van der Waals surface area (Å²) in [6.07, 6.45) is 1.31. The number of aromatic nitrogens is 3. The maximum atomic E-state index is 12.4. The molecule has 0 saturated carbocycles. The van der Waals surface area contributed by atoms with Gasteiger partial charge in [0.25, 0.3) is 5.91 Å². The third-order valence-electron chi connectivity index (χ3n) is 4.69. The molecule has 0 radical (unpaired) electrons. The average Bonchev–Trinajstić information content (AvgIpc) is 2.73. The van der Waals surface area contributed by atoms with Crippen LogP contribution in [0.2, 0.25) is 0 Å². The third kappa shape index (κ3) is 5.87. The van der Waals surface area contributed by atoms with Crippen molar-refractivity contribution < 1.29 is 37.3 Å². The Morgan fingerprint density at radius 1 is 1.19 bits per heavy atom. The average molecular weight is 440 g/mol. The number of aliphatic carboxylic acids is 1. The first-order chi connectivity index (χ1) is 14.7. The highest BCUT2D eigenvalue weighted by molar-refractivity contribution is 5.94. The predicted octanol–water partition coefficient (Wildman–Crippen LogP) is 1.96. The maximum Gasteiger partial charge on any atom is 0.490 e. The molecule has 2 aliphatic heterocycles. The van der Waals surface area contributed by atoms with Crippen LogP contribution in [0.25, 0.3) is 0 Å². The molecule has 0 aliphatic carbocycles. The summed E-state index contributed by atoms with van der Waals surface area (Å²) < 4.78 is 43.7. The van der Waals surface area contributed by atoms with E-state index in [0.717, 1.165) is 12.8 Å². The number of pyridine rings is 1. The van der Waals surface area contributed by atoms with Gasteiger partial charge in [-0.3, -0.25) is 4.79 Å². The van der Waals surface area contributed by atoms with Crippen molar-refractivity contribution >= 4 is 11.9 Å². The largest absolute Gasteiger partial charge is 0.490 e. The van der Waals surface area contributed by atoms with Gasteiger partial charge in [0.2, 0.25) is 5.88 Å². The summed E-state index contributed by atoms with van der Waals surface area (Å²) in [6, 6.07) is 7.30. The first-order valence-electron chi connectivity index (χ1n) is 9.26. The van der Waals surface area contributed by atoms with E-state index >= 15 is 0 Å². The number of likely N-dealkylation sites (tertiary alicyclic amines) is 1. The zero-order valence-corrected chi connectivity index (χ0v) is 16.2. The standard InChI is InChI=1S/C17H18N4O3.C2HF3O2/c22-16(13-4-7-19-20-10-13)21-11-17(12-21)9-14(5-8-23-17)24-15-3-1-2-6-18-15;3-2(4,5)1(6)7/h1-4,6-7,10,14H,5,8-9,11-12H2;(H,6,7). The fourth-order valence-electron chi connectivity index (χ4n) is 3.28. The van der Waals surface area contributed by atoms with Gasteiger partial charge in [-0.2, -0.15) is 23.4 Å². The number of halogens is 3. The molecule has 166 valence electrons. The van der Waals surface area contributed by atoms with Crippen LogP contribution in [0.1, 0.15) is 23.2 Å². The molecule has 1 atom stereocenters. The molecular formula is C19H19F3N4O5. The van der Waals surface area contributed by atoms with Gasteiger partial charge in [0.15, 0.2) is 0 Å². The van der Waals surface area contributed by atoms with Crippen LogP contribution in [-0.2, 0) is 9.53 Å². The van der Waals surface area contributed by atoms with Crippen molar-refractivity contribution in [3.8, 4) is 5.88 Å². The molecule has 2 aromatic rings. The number of carbonyl (C=O) groups excluding carboxylic acids is 1. The second-order valence-electron chi connectivity index (χ2n) is 7.03. The first kappa shape index (κ1) is 22.4. The number of carboxylic acids is 1. The van der Waals surface area contributed by atoms with E-state index in [1.54, 1.807) is 17.2 Å². The van der Waals surface area contributed by atoms with Crippen LogP contribution < -0.4 is 4.74 Å². The Bertz CT molecular complexity index is 892. The van der Waals surface area contributed by atoms with E-state index in [4.69, 9.17) is 19.4 Å². The van der Waals surface area contributed by atoms with E-state index in [1.165, 1.54) is 12.4 Å². The van der Waals surface area contributed by atoms with Gasteiger partial charge in [-0.25, -0.2) is 9.78 Å². The number of nitrogens with zero attached hydrogens (tertiary/aromatic N) is 4. The quantitative estimate of drug-likeness (QED) is 0.770. The second-order valence-corrected chi connectivity index (χ2v) is 7.03. The van der Waals surface area contributed by atoms with Gasteiger partial charge < -0.3 is 19.5 Å². The molecule has 0 aromatic carbocycles. The highest BCUT2D eigenvalue weighted by Crippen LogP contribution is 2.36. The molecule has 0 bridgehead atoms. The molecule has 1 N–H and O–H groups in total. The molecule has 2 saturated heterocycles. The van der Waals surface area contributed by atoms with Gasteiger partial charge in [0.1, 0.15) is 11.7 Å². The molecule has 2 aliphatic rings. The number of carbonyl (C=O) groups is 2. The van der Waals surface area contributed by atoms with Gasteiger partial charge in [-0.1, -0.05) is 6.07 Å². The molecule has 12 heteroatoms. The Morgan fingerprint density at radius 2 is 1.94 bits per heavy atom. The second kappa shape index (κ2) is 9.25. The van der Waals surface area contributed by atoms with Crippen LogP contribution >= 0.6 is 0 Å². The van der Waals surface area contributed by atoms with Crippen molar-refractivity contribution in [3.63, 3.8) is 0 Å². The Balaban J connectivity index is 0.000000339. The molecule has 1 spiro atoms. The van der Waals surface area contributed by atoms with Gasteiger partial charge in [0, 0.05) is 25.1 Å². The molecule has 31 heavy (non-hydrogen) atoms. The Hall–Kier alpha value is -3.28. The van der Waals surface area contributed by atoms with E-state index in [-0.39, 0.29) is 17.6 Å². The lowest BCUT2D eigenvalue weighted by Gasteiger charge is -2.52. The SMILES string of the molecule is O=C(O)C(F)(F)F.O=C(c1ccnnc1)N1CC2(CC(Oc3ccccn3)CCO2)C1. The number of carboxylic acid groups (broad SMARTS) is 1. The maximum absolute atomic E-state index is 12.4. The van der Waals surface area contributed by atoms with Gasteiger partial charge in [-0.05, 0) is 12.1 Å². The number of hydrogen-bond acceptors (Lipinski definition) is 7. The van der Waals surface area contributed by atoms with Crippen LogP contribution in [0.3, 0.4) is 0 Å². The fraction of sp³-hybridized carbons (Fsp3) is 0.421. The smallest absolute Gasteiger partial charge is 0.475 e. The summed E-state index contributed by atoms with van der Waals surface area (Å²) in [5.41, 5.74) is 0.255. The van der Waals surface area contributed by atoms with Gasteiger partial charge in [0.05, 0.1) is 37.7 Å². The zero-order valence-electron chi connectivity index (χ0n) is 16.2. The summed E-state index contributed by atoms with van der Waals surface area (Å²) in [5, 5.41) is 14.6. The van der Waals surface area contributed by atoms with Crippen LogP contribution in [0.4, 0.5) is 13.2 Å². The lowest BCUT2D eigenvalue weighted by Crippen LogP contribution is -2.67. The predicted molar refractivity (Wildman–Crippen MR) is 98.2 cm³/mol. The fourth-order valence-corrected chi connectivity index (χ4v) is 3.28. The molecular weight excluding hydrogens is 421 g/mol. The summed E-state index contributed by atoms with van der Waals surface area (Å²) in [6.45, 7) is 1.79. The van der Waals surface area contributed by atoms with E-state index < -0.39 is 12.1 Å². The topological polar surface area (TPSA) is 115 Å². The Morgan fingerprint density at radius 3 is 2.52 bits per heavy atom. The van der Waals surface area contributed by atoms with E-state index in [9.17, 15) is 18.0 Å². The van der Waals surface area contributed by atoms with Crippen LogP contribution in [0.15, 0.2) is 42.9 Å². The van der Waals surface area contributed by atoms with Crippen LogP contribution in [0.5, 0.6) is 5.88 Å². The molecule has 4 heterocycles. The van der Waals surface area contributed by atoms with Crippen LogP contribution in [0, 0.1) is 0 Å². The van der Waals surface area contributed by atoms with Gasteiger partial charge in [-0.15, -0.1) is 0 Å². The number of amides is 1. The van der Waals surface area contributed by atoms with Crippen molar-refractivity contribution in [1.29, 1.82) is 0 Å².